The number of hydroxylamine groups is 1. The molecule has 2 nitrogen and oxygen atoms in total. The van der Waals surface area contributed by atoms with E-state index in [-0.39, 0.29) is 0 Å². The van der Waals surface area contributed by atoms with E-state index in [9.17, 15) is 0 Å². The summed E-state index contributed by atoms with van der Waals surface area (Å²) in [6.45, 7) is 0. The Labute approximate surface area is 74.9 Å². The Morgan fingerprint density at radius 3 is 2.73 bits per heavy atom. The monoisotopic (exact) mass is 215 g/mol. The molecule has 0 radical (unpaired) electrons. The molecule has 0 aliphatic carbocycles. The summed E-state index contributed by atoms with van der Waals surface area (Å²) in [7, 11) is 3.50. The third-order valence-electron chi connectivity index (χ3n) is 1.45. The highest BCUT2D eigenvalue weighted by Gasteiger charge is 1.97. The van der Waals surface area contributed by atoms with E-state index in [0.717, 1.165) is 10.2 Å². The summed E-state index contributed by atoms with van der Waals surface area (Å²) in [5, 5.41) is 1.70. The van der Waals surface area contributed by atoms with Crippen molar-refractivity contribution in [3.63, 3.8) is 0 Å². The van der Waals surface area contributed by atoms with Crippen molar-refractivity contribution in [2.45, 2.75) is 0 Å². The zero-order valence-electron chi connectivity index (χ0n) is 6.54. The molecule has 0 aliphatic rings. The van der Waals surface area contributed by atoms with Gasteiger partial charge < -0.3 is 0 Å². The first-order valence-corrected chi connectivity index (χ1v) is 4.06. The number of rotatable bonds is 2. The average molecular weight is 216 g/mol. The molecule has 0 bridgehead atoms. The summed E-state index contributed by atoms with van der Waals surface area (Å²) in [5.41, 5.74) is 1.03. The summed E-state index contributed by atoms with van der Waals surface area (Å²) < 4.78 is 1.05. The van der Waals surface area contributed by atoms with E-state index >= 15 is 0 Å². The Morgan fingerprint density at radius 2 is 2.18 bits per heavy atom. The molecular weight excluding hydrogens is 206 g/mol. The van der Waals surface area contributed by atoms with Gasteiger partial charge in [-0.15, -0.1) is 0 Å². The molecule has 0 saturated carbocycles. The lowest BCUT2D eigenvalue weighted by Crippen LogP contribution is -2.14. The fraction of sp³-hybridized carbons (Fsp3) is 0.250. The van der Waals surface area contributed by atoms with Crippen LogP contribution in [0.15, 0.2) is 28.7 Å². The number of nitrogens with zero attached hydrogens (tertiary/aromatic N) is 1. The van der Waals surface area contributed by atoms with Gasteiger partial charge in [-0.25, -0.2) is 0 Å². The Kier molecular flexibility index (Phi) is 2.91. The van der Waals surface area contributed by atoms with E-state index in [0.29, 0.717) is 0 Å². The van der Waals surface area contributed by atoms with Gasteiger partial charge in [0.2, 0.25) is 0 Å². The van der Waals surface area contributed by atoms with Crippen molar-refractivity contribution in [1.29, 1.82) is 0 Å². The Balaban J connectivity index is 2.86. The first-order chi connectivity index (χ1) is 5.24. The Hall–Kier alpha value is -0.540. The number of halogens is 1. The van der Waals surface area contributed by atoms with Crippen LogP contribution >= 0.6 is 15.9 Å². The maximum absolute atomic E-state index is 5.00. The molecule has 0 saturated heterocycles. The lowest BCUT2D eigenvalue weighted by atomic mass is 10.3. The largest absolute Gasteiger partial charge is 0.277 e. The number of hydrogen-bond donors (Lipinski definition) is 0. The number of hydrogen-bond acceptors (Lipinski definition) is 2. The maximum atomic E-state index is 5.00. The van der Waals surface area contributed by atoms with Gasteiger partial charge in [-0.3, -0.25) is 9.90 Å². The predicted molar refractivity (Wildman–Crippen MR) is 49.6 cm³/mol. The van der Waals surface area contributed by atoms with Crippen LogP contribution in [0.3, 0.4) is 0 Å². The van der Waals surface area contributed by atoms with Crippen molar-refractivity contribution in [2.24, 2.45) is 0 Å². The summed E-state index contributed by atoms with van der Waals surface area (Å²) >= 11 is 3.38. The van der Waals surface area contributed by atoms with Crippen molar-refractivity contribution >= 4 is 21.6 Å². The van der Waals surface area contributed by atoms with Gasteiger partial charge >= 0.3 is 0 Å². The molecule has 0 unspecified atom stereocenters. The minimum absolute atomic E-state index is 1.03. The normalized spacial score (nSPS) is 9.73. The second kappa shape index (κ2) is 3.74. The van der Waals surface area contributed by atoms with E-state index in [2.05, 4.69) is 15.9 Å². The van der Waals surface area contributed by atoms with Gasteiger partial charge in [0.1, 0.15) is 0 Å². The zero-order valence-corrected chi connectivity index (χ0v) is 8.13. The van der Waals surface area contributed by atoms with Crippen molar-refractivity contribution in [1.82, 2.24) is 0 Å². The lowest BCUT2D eigenvalue weighted by Gasteiger charge is -2.15. The maximum Gasteiger partial charge on any atom is 0.0644 e. The predicted octanol–water partition coefficient (Wildman–Crippen LogP) is 2.45. The second-order valence-corrected chi connectivity index (χ2v) is 3.08. The summed E-state index contributed by atoms with van der Waals surface area (Å²) in [5.74, 6) is 0. The smallest absolute Gasteiger partial charge is 0.0644 e. The fourth-order valence-corrected chi connectivity index (χ4v) is 1.16. The van der Waals surface area contributed by atoms with Gasteiger partial charge in [0.05, 0.1) is 12.8 Å². The van der Waals surface area contributed by atoms with E-state index in [1.54, 1.807) is 12.2 Å². The van der Waals surface area contributed by atoms with Crippen LogP contribution in [0, 0.1) is 0 Å². The van der Waals surface area contributed by atoms with Gasteiger partial charge in [-0.05, 0) is 18.2 Å². The summed E-state index contributed by atoms with van der Waals surface area (Å²) in [4.78, 5) is 5.00. The number of anilines is 1. The molecule has 0 heterocycles. The molecule has 3 heteroatoms. The van der Waals surface area contributed by atoms with Crippen molar-refractivity contribution in [3.05, 3.63) is 28.7 Å². The standard InChI is InChI=1S/C8H10BrNO/c1-10(11-2)8-5-3-4-7(9)6-8/h3-6H,1-2H3. The molecule has 1 rings (SSSR count). The van der Waals surface area contributed by atoms with E-state index in [1.165, 1.54) is 0 Å². The first-order valence-electron chi connectivity index (χ1n) is 3.27. The fourth-order valence-electron chi connectivity index (χ4n) is 0.777. The van der Waals surface area contributed by atoms with Crippen LogP contribution in [0.5, 0.6) is 0 Å². The topological polar surface area (TPSA) is 12.5 Å². The van der Waals surface area contributed by atoms with Crippen molar-refractivity contribution < 1.29 is 4.84 Å². The van der Waals surface area contributed by atoms with Gasteiger partial charge in [-0.2, -0.15) is 0 Å². The van der Waals surface area contributed by atoms with Gasteiger partial charge in [0.15, 0.2) is 0 Å². The minimum Gasteiger partial charge on any atom is -0.277 e. The molecular formula is C8H10BrNO. The van der Waals surface area contributed by atoms with Crippen molar-refractivity contribution in [3.8, 4) is 0 Å². The van der Waals surface area contributed by atoms with E-state index < -0.39 is 0 Å². The molecule has 0 atom stereocenters. The molecule has 0 aromatic heterocycles. The van der Waals surface area contributed by atoms with Crippen LogP contribution in [0.2, 0.25) is 0 Å². The van der Waals surface area contributed by atoms with Crippen LogP contribution in [0.1, 0.15) is 0 Å². The van der Waals surface area contributed by atoms with Crippen LogP contribution in [0.4, 0.5) is 5.69 Å². The molecule has 60 valence electrons. The molecule has 0 fully saturated rings. The van der Waals surface area contributed by atoms with Crippen LogP contribution in [-0.4, -0.2) is 14.2 Å². The highest BCUT2D eigenvalue weighted by Crippen LogP contribution is 2.18. The molecule has 0 amide bonds. The van der Waals surface area contributed by atoms with Crippen LogP contribution in [0.25, 0.3) is 0 Å². The van der Waals surface area contributed by atoms with E-state index in [1.807, 2.05) is 31.3 Å². The minimum atomic E-state index is 1.03. The van der Waals surface area contributed by atoms with Gasteiger partial charge in [-0.1, -0.05) is 22.0 Å². The third kappa shape index (κ3) is 2.20. The molecule has 0 aliphatic heterocycles. The highest BCUT2D eigenvalue weighted by atomic mass is 79.9. The second-order valence-electron chi connectivity index (χ2n) is 2.16. The SMILES string of the molecule is CON(C)c1cccc(Br)c1. The molecule has 0 spiro atoms. The van der Waals surface area contributed by atoms with Crippen LogP contribution in [-0.2, 0) is 4.84 Å². The van der Waals surface area contributed by atoms with E-state index in [4.69, 9.17) is 4.84 Å². The molecule has 1 aromatic carbocycles. The highest BCUT2D eigenvalue weighted by molar-refractivity contribution is 9.10. The molecule has 1 aromatic rings. The lowest BCUT2D eigenvalue weighted by molar-refractivity contribution is 0.185. The van der Waals surface area contributed by atoms with Gasteiger partial charge in [0, 0.05) is 11.5 Å². The Morgan fingerprint density at radius 1 is 1.45 bits per heavy atom. The van der Waals surface area contributed by atoms with Gasteiger partial charge in [0.25, 0.3) is 0 Å². The summed E-state index contributed by atoms with van der Waals surface area (Å²) in [6.07, 6.45) is 0. The Bertz CT molecular complexity index is 239. The number of benzene rings is 1. The molecule has 11 heavy (non-hydrogen) atoms. The average Bonchev–Trinajstić information content (AvgIpc) is 2.03. The van der Waals surface area contributed by atoms with Crippen molar-refractivity contribution in [2.75, 3.05) is 19.2 Å². The first kappa shape index (κ1) is 8.56. The molecule has 0 N–H and O–H groups in total. The summed E-state index contributed by atoms with van der Waals surface area (Å²) in [6, 6.07) is 7.92. The zero-order chi connectivity index (χ0) is 8.27. The third-order valence-corrected chi connectivity index (χ3v) is 1.94. The quantitative estimate of drug-likeness (QED) is 0.704. The van der Waals surface area contributed by atoms with Crippen LogP contribution < -0.4 is 5.06 Å².